The molecule has 0 aromatic rings. The Labute approximate surface area is 63.7 Å². The first-order valence-corrected chi connectivity index (χ1v) is 4.58. The van der Waals surface area contributed by atoms with E-state index in [1.807, 2.05) is 6.92 Å². The van der Waals surface area contributed by atoms with E-state index in [0.29, 0.717) is 6.42 Å². The van der Waals surface area contributed by atoms with Crippen molar-refractivity contribution in [1.82, 2.24) is 0 Å². The monoisotopic (exact) mass is 165 g/mol. The van der Waals surface area contributed by atoms with Gasteiger partial charge >= 0.3 is 0 Å². The van der Waals surface area contributed by atoms with E-state index in [9.17, 15) is 8.76 Å². The SMILES string of the molecule is CCCCCC(O)S(=O)[O-]. The van der Waals surface area contributed by atoms with Gasteiger partial charge in [0.2, 0.25) is 0 Å². The van der Waals surface area contributed by atoms with Gasteiger partial charge in [-0.2, -0.15) is 0 Å². The van der Waals surface area contributed by atoms with E-state index in [4.69, 9.17) is 5.11 Å². The predicted molar refractivity (Wildman–Crippen MR) is 39.1 cm³/mol. The summed E-state index contributed by atoms with van der Waals surface area (Å²) in [5, 5.41) is 8.74. The molecule has 0 aliphatic rings. The van der Waals surface area contributed by atoms with Gasteiger partial charge in [0.05, 0.1) is 0 Å². The van der Waals surface area contributed by atoms with Gasteiger partial charge in [-0.25, -0.2) is 0 Å². The largest absolute Gasteiger partial charge is 0.770 e. The molecule has 0 heterocycles. The number of aliphatic hydroxyl groups excluding tert-OH is 1. The summed E-state index contributed by atoms with van der Waals surface area (Å²) in [6.07, 6.45) is 3.17. The fourth-order valence-electron chi connectivity index (χ4n) is 0.665. The second-order valence-corrected chi connectivity index (χ2v) is 3.28. The van der Waals surface area contributed by atoms with E-state index >= 15 is 0 Å². The normalized spacial score (nSPS) is 16.7. The molecule has 0 radical (unpaired) electrons. The van der Waals surface area contributed by atoms with Gasteiger partial charge < -0.3 is 9.66 Å². The second-order valence-electron chi connectivity index (χ2n) is 2.21. The van der Waals surface area contributed by atoms with Gasteiger partial charge in [-0.15, -0.1) is 0 Å². The van der Waals surface area contributed by atoms with Crippen LogP contribution in [0.25, 0.3) is 0 Å². The number of aliphatic hydroxyl groups is 1. The molecule has 0 rings (SSSR count). The summed E-state index contributed by atoms with van der Waals surface area (Å²) in [6.45, 7) is 2.03. The standard InChI is InChI=1S/C6H14O3S/c1-2-3-4-5-6(7)10(8)9/h6-7H,2-5H2,1H3,(H,8,9)/p-1. The Morgan fingerprint density at radius 1 is 1.60 bits per heavy atom. The number of unbranched alkanes of at least 4 members (excludes halogenated alkanes) is 2. The highest BCUT2D eigenvalue weighted by molar-refractivity contribution is 7.79. The van der Waals surface area contributed by atoms with Crippen LogP contribution in [0.1, 0.15) is 32.6 Å². The highest BCUT2D eigenvalue weighted by Crippen LogP contribution is 2.04. The Kier molecular flexibility index (Phi) is 5.87. The molecular weight excluding hydrogens is 152 g/mol. The van der Waals surface area contributed by atoms with Crippen molar-refractivity contribution in [2.45, 2.75) is 38.0 Å². The lowest BCUT2D eigenvalue weighted by molar-refractivity contribution is 0.229. The third kappa shape index (κ3) is 4.90. The fraction of sp³-hybridized carbons (Fsp3) is 1.00. The lowest BCUT2D eigenvalue weighted by atomic mass is 10.2. The maximum absolute atomic E-state index is 10.0. The summed E-state index contributed by atoms with van der Waals surface area (Å²) in [6, 6.07) is 0. The molecule has 2 unspecified atom stereocenters. The molecule has 0 amide bonds. The van der Waals surface area contributed by atoms with E-state index in [1.54, 1.807) is 0 Å². The predicted octanol–water partition coefficient (Wildman–Crippen LogP) is 0.764. The first-order valence-electron chi connectivity index (χ1n) is 3.44. The topological polar surface area (TPSA) is 60.4 Å². The van der Waals surface area contributed by atoms with Crippen molar-refractivity contribution in [2.24, 2.45) is 0 Å². The van der Waals surface area contributed by atoms with Gasteiger partial charge in [-0.05, 0) is 23.9 Å². The zero-order valence-electron chi connectivity index (χ0n) is 6.08. The molecular formula is C6H13O3S-. The molecule has 3 nitrogen and oxygen atoms in total. The average molecular weight is 165 g/mol. The molecule has 0 aromatic carbocycles. The molecule has 0 saturated carbocycles. The van der Waals surface area contributed by atoms with Crippen molar-refractivity contribution in [3.8, 4) is 0 Å². The highest BCUT2D eigenvalue weighted by Gasteiger charge is 2.01. The third-order valence-electron chi connectivity index (χ3n) is 1.28. The van der Waals surface area contributed by atoms with E-state index in [1.165, 1.54) is 0 Å². The molecule has 2 atom stereocenters. The van der Waals surface area contributed by atoms with Gasteiger partial charge in [-0.3, -0.25) is 4.21 Å². The Morgan fingerprint density at radius 3 is 2.60 bits per heavy atom. The highest BCUT2D eigenvalue weighted by atomic mass is 32.2. The van der Waals surface area contributed by atoms with E-state index in [2.05, 4.69) is 0 Å². The molecule has 0 spiro atoms. The first-order chi connectivity index (χ1) is 4.68. The molecule has 0 aliphatic heterocycles. The van der Waals surface area contributed by atoms with Gasteiger partial charge in [0.1, 0.15) is 5.44 Å². The zero-order valence-corrected chi connectivity index (χ0v) is 6.89. The average Bonchev–Trinajstić information content (AvgIpc) is 1.88. The van der Waals surface area contributed by atoms with Crippen LogP contribution in [-0.2, 0) is 11.1 Å². The van der Waals surface area contributed by atoms with Crippen molar-refractivity contribution < 1.29 is 13.9 Å². The molecule has 0 aliphatic carbocycles. The van der Waals surface area contributed by atoms with Crippen molar-refractivity contribution in [2.75, 3.05) is 0 Å². The molecule has 62 valence electrons. The van der Waals surface area contributed by atoms with Crippen LogP contribution in [0.4, 0.5) is 0 Å². The van der Waals surface area contributed by atoms with Crippen LogP contribution in [0.15, 0.2) is 0 Å². The molecule has 0 fully saturated rings. The molecule has 10 heavy (non-hydrogen) atoms. The van der Waals surface area contributed by atoms with Crippen molar-refractivity contribution >= 4 is 11.1 Å². The zero-order chi connectivity index (χ0) is 7.98. The summed E-state index contributed by atoms with van der Waals surface area (Å²) in [7, 11) is 0. The third-order valence-corrected chi connectivity index (χ3v) is 1.96. The van der Waals surface area contributed by atoms with Gasteiger partial charge in [-0.1, -0.05) is 19.8 Å². The van der Waals surface area contributed by atoms with Crippen LogP contribution in [-0.4, -0.2) is 19.3 Å². The number of hydrogen-bond acceptors (Lipinski definition) is 3. The minimum atomic E-state index is -2.31. The minimum Gasteiger partial charge on any atom is -0.770 e. The summed E-state index contributed by atoms with van der Waals surface area (Å²) in [5.74, 6) is 0. The summed E-state index contributed by atoms with van der Waals surface area (Å²) in [5.41, 5.74) is -1.16. The van der Waals surface area contributed by atoms with Crippen LogP contribution in [0.2, 0.25) is 0 Å². The maximum Gasteiger partial charge on any atom is 0.115 e. The quantitative estimate of drug-likeness (QED) is 0.483. The van der Waals surface area contributed by atoms with E-state index < -0.39 is 16.5 Å². The van der Waals surface area contributed by atoms with Crippen LogP contribution < -0.4 is 0 Å². The van der Waals surface area contributed by atoms with Crippen molar-refractivity contribution in [1.29, 1.82) is 0 Å². The summed E-state index contributed by atoms with van der Waals surface area (Å²) in [4.78, 5) is 0. The minimum absolute atomic E-state index is 0.365. The van der Waals surface area contributed by atoms with Crippen molar-refractivity contribution in [3.05, 3.63) is 0 Å². The van der Waals surface area contributed by atoms with Crippen molar-refractivity contribution in [3.63, 3.8) is 0 Å². The molecule has 4 heteroatoms. The van der Waals surface area contributed by atoms with Crippen LogP contribution >= 0.6 is 0 Å². The van der Waals surface area contributed by atoms with E-state index in [-0.39, 0.29) is 0 Å². The number of hydrogen-bond donors (Lipinski definition) is 1. The molecule has 1 N–H and O–H groups in total. The van der Waals surface area contributed by atoms with Gasteiger partial charge in [0, 0.05) is 0 Å². The number of rotatable bonds is 5. The van der Waals surface area contributed by atoms with Gasteiger partial charge in [0.25, 0.3) is 0 Å². The fourth-order valence-corrected chi connectivity index (χ4v) is 1.02. The Bertz CT molecular complexity index is 105. The molecule has 0 aromatic heterocycles. The summed E-state index contributed by atoms with van der Waals surface area (Å²) >= 11 is -2.31. The second kappa shape index (κ2) is 5.82. The Morgan fingerprint density at radius 2 is 2.20 bits per heavy atom. The molecule has 0 bridgehead atoms. The maximum atomic E-state index is 10.0. The van der Waals surface area contributed by atoms with Crippen LogP contribution in [0, 0.1) is 0 Å². The lowest BCUT2D eigenvalue weighted by Crippen LogP contribution is -2.12. The summed E-state index contributed by atoms with van der Waals surface area (Å²) < 4.78 is 20.1. The molecule has 0 saturated heterocycles. The Balaban J connectivity index is 3.21. The van der Waals surface area contributed by atoms with Gasteiger partial charge in [0.15, 0.2) is 0 Å². The lowest BCUT2D eigenvalue weighted by Gasteiger charge is -2.12. The first kappa shape index (κ1) is 10.1. The smallest absolute Gasteiger partial charge is 0.115 e. The van der Waals surface area contributed by atoms with Crippen LogP contribution in [0.3, 0.4) is 0 Å². The Hall–Kier alpha value is 0.0700. The van der Waals surface area contributed by atoms with Crippen LogP contribution in [0.5, 0.6) is 0 Å². The van der Waals surface area contributed by atoms with E-state index in [0.717, 1.165) is 19.3 Å².